The Labute approximate surface area is 203 Å². The number of fused-ring (bicyclic) bond motifs is 3. The van der Waals surface area contributed by atoms with Gasteiger partial charge in [-0.05, 0) is 75.6 Å². The number of rotatable bonds is 2. The molecule has 1 aromatic heterocycles. The summed E-state index contributed by atoms with van der Waals surface area (Å²) >= 11 is 0. The Hall–Kier alpha value is -3.22. The SMILES string of the molecule is Cc1ccc2c(c1)C(F)(F)c1cc(-c3cnc(C4CC5(CC5)CN4C(=O)OC(C)(C)C)[nH]3)ccc1-2. The molecule has 1 saturated carbocycles. The first kappa shape index (κ1) is 22.3. The van der Waals surface area contributed by atoms with Gasteiger partial charge in [0.25, 0.3) is 5.92 Å². The van der Waals surface area contributed by atoms with Gasteiger partial charge < -0.3 is 9.72 Å². The average Bonchev–Trinajstić information content (AvgIpc) is 3.12. The van der Waals surface area contributed by atoms with Crippen LogP contribution in [0.15, 0.2) is 42.6 Å². The first-order valence-electron chi connectivity index (χ1n) is 12.1. The lowest BCUT2D eigenvalue weighted by molar-refractivity contribution is 0.0212. The number of hydrogen-bond donors (Lipinski definition) is 1. The molecular weight excluding hydrogens is 448 g/mol. The summed E-state index contributed by atoms with van der Waals surface area (Å²) in [5, 5.41) is 0. The lowest BCUT2D eigenvalue weighted by Crippen LogP contribution is -2.37. The number of alkyl halides is 2. The number of aryl methyl sites for hydroxylation is 1. The van der Waals surface area contributed by atoms with Crippen molar-refractivity contribution in [3.63, 3.8) is 0 Å². The molecule has 6 rings (SSSR count). The molecule has 2 heterocycles. The van der Waals surface area contributed by atoms with E-state index >= 15 is 8.78 Å². The highest BCUT2D eigenvalue weighted by Crippen LogP contribution is 2.58. The second-order valence-corrected chi connectivity index (χ2v) is 11.4. The van der Waals surface area contributed by atoms with E-state index < -0.39 is 11.5 Å². The molecular formula is C28H29F2N3O2. The number of ether oxygens (including phenoxy) is 1. The van der Waals surface area contributed by atoms with E-state index in [4.69, 9.17) is 4.74 Å². The summed E-state index contributed by atoms with van der Waals surface area (Å²) in [4.78, 5) is 22.6. The van der Waals surface area contributed by atoms with Crippen molar-refractivity contribution >= 4 is 6.09 Å². The van der Waals surface area contributed by atoms with Crippen molar-refractivity contribution in [3.8, 4) is 22.4 Å². The predicted molar refractivity (Wildman–Crippen MR) is 129 cm³/mol. The van der Waals surface area contributed by atoms with Crippen LogP contribution in [0.25, 0.3) is 22.4 Å². The summed E-state index contributed by atoms with van der Waals surface area (Å²) in [6, 6.07) is 10.2. The molecule has 2 aromatic carbocycles. The van der Waals surface area contributed by atoms with Crippen molar-refractivity contribution in [2.75, 3.05) is 6.54 Å². The Balaban J connectivity index is 1.32. The number of aromatic amines is 1. The fraction of sp³-hybridized carbons (Fsp3) is 0.429. The summed E-state index contributed by atoms with van der Waals surface area (Å²) in [5.74, 6) is -2.38. The van der Waals surface area contributed by atoms with Crippen LogP contribution in [-0.4, -0.2) is 33.1 Å². The van der Waals surface area contributed by atoms with Gasteiger partial charge in [0.2, 0.25) is 0 Å². The van der Waals surface area contributed by atoms with Gasteiger partial charge in [-0.15, -0.1) is 0 Å². The quantitative estimate of drug-likeness (QED) is 0.434. The molecule has 182 valence electrons. The number of aromatic nitrogens is 2. The van der Waals surface area contributed by atoms with Gasteiger partial charge in [-0.1, -0.05) is 29.8 Å². The number of benzene rings is 2. The molecule has 1 spiro atoms. The fourth-order valence-electron chi connectivity index (χ4n) is 5.51. The van der Waals surface area contributed by atoms with Gasteiger partial charge in [0.15, 0.2) is 0 Å². The summed E-state index contributed by atoms with van der Waals surface area (Å²) < 4.78 is 36.3. The first-order chi connectivity index (χ1) is 16.5. The Morgan fingerprint density at radius 1 is 1.11 bits per heavy atom. The molecule has 1 N–H and O–H groups in total. The van der Waals surface area contributed by atoms with Crippen LogP contribution < -0.4 is 0 Å². The minimum absolute atomic E-state index is 0.0138. The van der Waals surface area contributed by atoms with E-state index in [9.17, 15) is 4.79 Å². The topological polar surface area (TPSA) is 58.2 Å². The third-order valence-electron chi connectivity index (χ3n) is 7.48. The number of H-pyrrole nitrogens is 1. The second-order valence-electron chi connectivity index (χ2n) is 11.4. The normalized spacial score (nSPS) is 21.2. The van der Waals surface area contributed by atoms with Crippen molar-refractivity contribution in [3.05, 3.63) is 65.1 Å². The van der Waals surface area contributed by atoms with Gasteiger partial charge >= 0.3 is 6.09 Å². The number of nitrogens with zero attached hydrogens (tertiary/aromatic N) is 2. The maximum atomic E-state index is 15.3. The van der Waals surface area contributed by atoms with Crippen molar-refractivity contribution < 1.29 is 18.3 Å². The van der Waals surface area contributed by atoms with Gasteiger partial charge in [-0.25, -0.2) is 9.78 Å². The van der Waals surface area contributed by atoms with Crippen LogP contribution in [0.2, 0.25) is 0 Å². The molecule has 3 aliphatic rings. The van der Waals surface area contributed by atoms with Gasteiger partial charge in [-0.2, -0.15) is 8.78 Å². The molecule has 3 aromatic rings. The number of likely N-dealkylation sites (tertiary alicyclic amines) is 1. The van der Waals surface area contributed by atoms with Crippen LogP contribution >= 0.6 is 0 Å². The lowest BCUT2D eigenvalue weighted by Gasteiger charge is -2.27. The molecule has 2 fully saturated rings. The molecule has 2 aliphatic carbocycles. The molecule has 1 unspecified atom stereocenters. The minimum atomic E-state index is -3.05. The molecule has 35 heavy (non-hydrogen) atoms. The van der Waals surface area contributed by atoms with Crippen LogP contribution in [0.5, 0.6) is 0 Å². The molecule has 0 bridgehead atoms. The van der Waals surface area contributed by atoms with Crippen molar-refractivity contribution in [1.82, 2.24) is 14.9 Å². The smallest absolute Gasteiger partial charge is 0.410 e. The van der Waals surface area contributed by atoms with Gasteiger partial charge in [0.1, 0.15) is 11.4 Å². The molecule has 0 radical (unpaired) electrons. The predicted octanol–water partition coefficient (Wildman–Crippen LogP) is 6.97. The van der Waals surface area contributed by atoms with E-state index in [0.29, 0.717) is 34.8 Å². The highest BCUT2D eigenvalue weighted by atomic mass is 19.3. The van der Waals surface area contributed by atoms with Crippen molar-refractivity contribution in [2.45, 2.75) is 64.5 Å². The average molecular weight is 478 g/mol. The van der Waals surface area contributed by atoms with E-state index in [1.54, 1.807) is 35.4 Å². The Morgan fingerprint density at radius 2 is 1.80 bits per heavy atom. The van der Waals surface area contributed by atoms with Crippen LogP contribution in [0.3, 0.4) is 0 Å². The Bertz CT molecular complexity index is 1350. The molecule has 5 nitrogen and oxygen atoms in total. The largest absolute Gasteiger partial charge is 0.444 e. The molecule has 1 atom stereocenters. The number of hydrogen-bond acceptors (Lipinski definition) is 3. The Morgan fingerprint density at radius 3 is 2.49 bits per heavy atom. The molecule has 1 aliphatic heterocycles. The van der Waals surface area contributed by atoms with E-state index in [1.807, 2.05) is 39.8 Å². The number of nitrogens with one attached hydrogen (secondary N) is 1. The van der Waals surface area contributed by atoms with Gasteiger partial charge in [0, 0.05) is 23.2 Å². The highest BCUT2D eigenvalue weighted by Gasteiger charge is 2.55. The third kappa shape index (κ3) is 3.63. The maximum Gasteiger partial charge on any atom is 0.410 e. The summed E-state index contributed by atoms with van der Waals surface area (Å²) in [6.07, 6.45) is 4.35. The monoisotopic (exact) mass is 477 g/mol. The summed E-state index contributed by atoms with van der Waals surface area (Å²) in [6.45, 7) is 8.06. The molecule has 7 heteroatoms. The fourth-order valence-corrected chi connectivity index (χ4v) is 5.51. The molecule has 1 amide bonds. The van der Waals surface area contributed by atoms with Crippen LogP contribution in [-0.2, 0) is 10.7 Å². The first-order valence-corrected chi connectivity index (χ1v) is 12.1. The zero-order chi connectivity index (χ0) is 24.8. The number of halogens is 2. The van der Waals surface area contributed by atoms with Crippen LogP contribution in [0, 0.1) is 12.3 Å². The van der Waals surface area contributed by atoms with Crippen LogP contribution in [0.4, 0.5) is 13.6 Å². The van der Waals surface area contributed by atoms with Crippen molar-refractivity contribution in [2.24, 2.45) is 5.41 Å². The van der Waals surface area contributed by atoms with Crippen LogP contribution in [0.1, 0.15) is 68.6 Å². The second kappa shape index (κ2) is 7.15. The number of amides is 1. The standard InChI is InChI=1S/C28H29F2N3O2/c1-16-5-7-18-19-8-6-17(12-21(19)28(29,30)20(18)11-16)22-14-31-24(32-22)23-13-27(9-10-27)15-33(23)25(34)35-26(2,3)4/h5-8,11-12,14,23H,9-10,13,15H2,1-4H3,(H,31,32). The number of imidazole rings is 1. The third-order valence-corrected chi connectivity index (χ3v) is 7.48. The van der Waals surface area contributed by atoms with Gasteiger partial charge in [0.05, 0.1) is 17.9 Å². The number of carbonyl (C=O) groups is 1. The number of carbonyl (C=O) groups excluding carboxylic acids is 1. The van der Waals surface area contributed by atoms with E-state index in [1.165, 1.54) is 0 Å². The van der Waals surface area contributed by atoms with E-state index in [2.05, 4.69) is 9.97 Å². The zero-order valence-electron chi connectivity index (χ0n) is 20.4. The van der Waals surface area contributed by atoms with E-state index in [-0.39, 0.29) is 28.7 Å². The van der Waals surface area contributed by atoms with Gasteiger partial charge in [-0.3, -0.25) is 4.90 Å². The Kier molecular flexibility index (Phi) is 4.55. The summed E-state index contributed by atoms with van der Waals surface area (Å²) in [5.41, 5.74) is 2.91. The minimum Gasteiger partial charge on any atom is -0.444 e. The molecule has 1 saturated heterocycles. The highest BCUT2D eigenvalue weighted by molar-refractivity contribution is 5.82. The maximum absolute atomic E-state index is 15.3. The lowest BCUT2D eigenvalue weighted by atomic mass is 10.0. The van der Waals surface area contributed by atoms with E-state index in [0.717, 1.165) is 24.8 Å². The van der Waals surface area contributed by atoms with Crippen molar-refractivity contribution in [1.29, 1.82) is 0 Å². The zero-order valence-corrected chi connectivity index (χ0v) is 20.4. The summed E-state index contributed by atoms with van der Waals surface area (Å²) in [7, 11) is 0.